The molecule has 1 amide bonds. The molecule has 4 rings (SSSR count). The number of fused-ring (bicyclic) bond motifs is 3. The second-order valence-electron chi connectivity index (χ2n) is 7.15. The lowest BCUT2D eigenvalue weighted by atomic mass is 9.98. The topological polar surface area (TPSA) is 93.5 Å². The molecule has 0 aliphatic heterocycles. The summed E-state index contributed by atoms with van der Waals surface area (Å²) in [4.78, 5) is 23.9. The summed E-state index contributed by atoms with van der Waals surface area (Å²) in [6.07, 6.45) is 0.728. The Balaban J connectivity index is 1.43. The van der Waals surface area contributed by atoms with Gasteiger partial charge in [0.2, 0.25) is 0 Å². The normalized spacial score (nSPS) is 13.4. The summed E-state index contributed by atoms with van der Waals surface area (Å²) < 4.78 is 6.81. The summed E-state index contributed by atoms with van der Waals surface area (Å²) in [5, 5.41) is 16.4. The van der Waals surface area contributed by atoms with E-state index < -0.39 is 18.1 Å². The van der Waals surface area contributed by atoms with Gasteiger partial charge in [-0.25, -0.2) is 9.59 Å². The first kappa shape index (κ1) is 20.0. The molecule has 8 heteroatoms. The van der Waals surface area contributed by atoms with Gasteiger partial charge >= 0.3 is 12.1 Å². The van der Waals surface area contributed by atoms with Crippen LogP contribution in [0.5, 0.6) is 0 Å². The van der Waals surface area contributed by atoms with Crippen molar-refractivity contribution in [1.29, 1.82) is 0 Å². The van der Waals surface area contributed by atoms with Crippen molar-refractivity contribution in [2.75, 3.05) is 6.61 Å². The van der Waals surface area contributed by atoms with Crippen molar-refractivity contribution in [3.63, 3.8) is 0 Å². The number of alkyl carbamates (subject to hydrolysis) is 1. The average molecular weight is 426 g/mol. The molecule has 1 unspecified atom stereocenters. The molecule has 30 heavy (non-hydrogen) atoms. The van der Waals surface area contributed by atoms with Crippen molar-refractivity contribution in [3.8, 4) is 11.1 Å². The molecule has 0 bridgehead atoms. The molecule has 2 aromatic carbocycles. The quantitative estimate of drug-likeness (QED) is 0.626. The van der Waals surface area contributed by atoms with Gasteiger partial charge in [-0.05, 0) is 29.2 Å². The number of benzene rings is 2. The lowest BCUT2D eigenvalue weighted by Gasteiger charge is -2.17. The van der Waals surface area contributed by atoms with E-state index in [4.69, 9.17) is 16.3 Å². The largest absolute Gasteiger partial charge is 0.480 e. The summed E-state index contributed by atoms with van der Waals surface area (Å²) >= 11 is 5.96. The fourth-order valence-corrected chi connectivity index (χ4v) is 3.89. The molecule has 154 valence electrons. The molecule has 0 saturated heterocycles. The van der Waals surface area contributed by atoms with Gasteiger partial charge in [0, 0.05) is 12.1 Å². The minimum atomic E-state index is -1.20. The Kier molecular flexibility index (Phi) is 5.46. The SMILES string of the molecule is Cc1nn(CC(NC(=O)OCC2c3ccccc3-c3ccccc32)C(=O)O)cc1Cl. The van der Waals surface area contributed by atoms with Gasteiger partial charge in [-0.15, -0.1) is 0 Å². The molecular weight excluding hydrogens is 406 g/mol. The van der Waals surface area contributed by atoms with Crippen molar-refractivity contribution < 1.29 is 19.4 Å². The molecule has 0 saturated carbocycles. The number of nitrogens with zero attached hydrogens (tertiary/aromatic N) is 2. The number of rotatable bonds is 6. The van der Waals surface area contributed by atoms with E-state index >= 15 is 0 Å². The first-order valence-corrected chi connectivity index (χ1v) is 9.85. The smallest absolute Gasteiger partial charge is 0.407 e. The van der Waals surface area contributed by atoms with E-state index in [0.29, 0.717) is 10.7 Å². The third-order valence-corrected chi connectivity index (χ3v) is 5.56. The number of carbonyl (C=O) groups is 2. The number of aromatic nitrogens is 2. The van der Waals surface area contributed by atoms with Gasteiger partial charge < -0.3 is 15.2 Å². The third-order valence-electron chi connectivity index (χ3n) is 5.19. The molecule has 1 heterocycles. The molecule has 1 aliphatic rings. The zero-order chi connectivity index (χ0) is 21.3. The number of aryl methyl sites for hydroxylation is 1. The van der Waals surface area contributed by atoms with Crippen LogP contribution in [0.25, 0.3) is 11.1 Å². The van der Waals surface area contributed by atoms with Crippen molar-refractivity contribution in [2.24, 2.45) is 0 Å². The molecule has 7 nitrogen and oxygen atoms in total. The number of hydrogen-bond acceptors (Lipinski definition) is 4. The second-order valence-corrected chi connectivity index (χ2v) is 7.55. The van der Waals surface area contributed by atoms with Crippen molar-refractivity contribution in [3.05, 3.63) is 76.6 Å². The Labute approximate surface area is 178 Å². The van der Waals surface area contributed by atoms with Gasteiger partial charge in [0.05, 0.1) is 17.3 Å². The zero-order valence-corrected chi connectivity index (χ0v) is 17.0. The molecule has 1 aromatic heterocycles. The second kappa shape index (κ2) is 8.20. The minimum Gasteiger partial charge on any atom is -0.480 e. The monoisotopic (exact) mass is 425 g/mol. The van der Waals surface area contributed by atoms with Crippen LogP contribution >= 0.6 is 11.6 Å². The van der Waals surface area contributed by atoms with E-state index in [-0.39, 0.29) is 19.1 Å². The van der Waals surface area contributed by atoms with E-state index in [1.807, 2.05) is 48.5 Å². The predicted molar refractivity (Wildman–Crippen MR) is 112 cm³/mol. The van der Waals surface area contributed by atoms with E-state index in [9.17, 15) is 14.7 Å². The van der Waals surface area contributed by atoms with Gasteiger partial charge in [0.25, 0.3) is 0 Å². The number of carboxylic acid groups (broad SMARTS) is 1. The standard InChI is InChI=1S/C22H20ClN3O4/c1-13-19(23)10-26(25-13)11-20(21(27)28)24-22(29)30-12-18-16-8-4-2-6-14(16)15-7-3-5-9-17(15)18/h2-10,18,20H,11-12H2,1H3,(H,24,29)(H,27,28). The molecular formula is C22H20ClN3O4. The molecule has 0 spiro atoms. The number of carbonyl (C=O) groups excluding carboxylic acids is 1. The zero-order valence-electron chi connectivity index (χ0n) is 16.2. The van der Waals surface area contributed by atoms with Crippen LogP contribution in [-0.4, -0.2) is 39.6 Å². The van der Waals surface area contributed by atoms with Gasteiger partial charge in [0.1, 0.15) is 12.6 Å². The van der Waals surface area contributed by atoms with E-state index in [1.54, 1.807) is 6.92 Å². The number of amides is 1. The Morgan fingerprint density at radius 3 is 2.30 bits per heavy atom. The first-order valence-electron chi connectivity index (χ1n) is 9.48. The molecule has 1 atom stereocenters. The van der Waals surface area contributed by atoms with Crippen LogP contribution in [0, 0.1) is 6.92 Å². The number of halogens is 1. The van der Waals surface area contributed by atoms with Crippen molar-refractivity contribution >= 4 is 23.7 Å². The lowest BCUT2D eigenvalue weighted by Crippen LogP contribution is -2.44. The van der Waals surface area contributed by atoms with E-state index in [0.717, 1.165) is 22.3 Å². The summed E-state index contributed by atoms with van der Waals surface area (Å²) in [7, 11) is 0. The van der Waals surface area contributed by atoms with Crippen LogP contribution in [0.2, 0.25) is 5.02 Å². The van der Waals surface area contributed by atoms with Gasteiger partial charge in [-0.2, -0.15) is 5.10 Å². The highest BCUT2D eigenvalue weighted by molar-refractivity contribution is 6.31. The highest BCUT2D eigenvalue weighted by Crippen LogP contribution is 2.44. The number of ether oxygens (including phenoxy) is 1. The maximum atomic E-state index is 12.3. The summed E-state index contributed by atoms with van der Waals surface area (Å²) in [5.41, 5.74) is 5.00. The minimum absolute atomic E-state index is 0.0624. The number of aliphatic carboxylic acids is 1. The number of nitrogens with one attached hydrogen (secondary N) is 1. The Hall–Kier alpha value is -3.32. The van der Waals surface area contributed by atoms with Crippen LogP contribution < -0.4 is 5.32 Å². The molecule has 2 N–H and O–H groups in total. The lowest BCUT2D eigenvalue weighted by molar-refractivity contribution is -0.139. The molecule has 0 radical (unpaired) electrons. The van der Waals surface area contributed by atoms with Gasteiger partial charge in [0.15, 0.2) is 0 Å². The van der Waals surface area contributed by atoms with E-state index in [2.05, 4.69) is 10.4 Å². The van der Waals surface area contributed by atoms with Crippen molar-refractivity contribution in [2.45, 2.75) is 25.4 Å². The Morgan fingerprint density at radius 2 is 1.77 bits per heavy atom. The van der Waals surface area contributed by atoms with E-state index in [1.165, 1.54) is 10.9 Å². The van der Waals surface area contributed by atoms with Crippen molar-refractivity contribution in [1.82, 2.24) is 15.1 Å². The highest BCUT2D eigenvalue weighted by Gasteiger charge is 2.30. The van der Waals surface area contributed by atoms with Crippen LogP contribution in [0.15, 0.2) is 54.7 Å². The van der Waals surface area contributed by atoms with Crippen LogP contribution in [0.4, 0.5) is 4.79 Å². The summed E-state index contributed by atoms with van der Waals surface area (Å²) in [5.74, 6) is -1.29. The molecule has 1 aliphatic carbocycles. The third kappa shape index (κ3) is 3.89. The fourth-order valence-electron chi connectivity index (χ4n) is 3.74. The maximum Gasteiger partial charge on any atom is 0.407 e. The first-order chi connectivity index (χ1) is 14.4. The Morgan fingerprint density at radius 1 is 1.17 bits per heavy atom. The highest BCUT2D eigenvalue weighted by atomic mass is 35.5. The number of carboxylic acids is 1. The van der Waals surface area contributed by atoms with Crippen LogP contribution in [-0.2, 0) is 16.1 Å². The van der Waals surface area contributed by atoms with Gasteiger partial charge in [-0.3, -0.25) is 4.68 Å². The molecule has 3 aromatic rings. The fraction of sp³-hybridized carbons (Fsp3) is 0.227. The van der Waals surface area contributed by atoms with Gasteiger partial charge in [-0.1, -0.05) is 60.1 Å². The molecule has 0 fully saturated rings. The maximum absolute atomic E-state index is 12.3. The average Bonchev–Trinajstić information content (AvgIpc) is 3.22. The number of hydrogen-bond donors (Lipinski definition) is 2. The predicted octanol–water partition coefficient (Wildman–Crippen LogP) is 3.84. The Bertz CT molecular complexity index is 1050. The summed E-state index contributed by atoms with van der Waals surface area (Å²) in [6, 6.07) is 14.8. The van der Waals surface area contributed by atoms with Crippen LogP contribution in [0.1, 0.15) is 22.7 Å². The summed E-state index contributed by atoms with van der Waals surface area (Å²) in [6.45, 7) is 1.76. The van der Waals surface area contributed by atoms with Crippen LogP contribution in [0.3, 0.4) is 0 Å².